The normalized spacial score (nSPS) is 12.7. The van der Waals surface area contributed by atoms with Crippen LogP contribution < -0.4 is 10.6 Å². The molecule has 2 heteroatoms. The first kappa shape index (κ1) is 12.2. The van der Waals surface area contributed by atoms with Gasteiger partial charge in [0.1, 0.15) is 0 Å². The van der Waals surface area contributed by atoms with E-state index in [-0.39, 0.29) is 0 Å². The Labute approximate surface area is 93.1 Å². The summed E-state index contributed by atoms with van der Waals surface area (Å²) >= 11 is 0. The highest BCUT2D eigenvalue weighted by Gasteiger charge is 2.06. The summed E-state index contributed by atoms with van der Waals surface area (Å²) < 4.78 is 0. The molecule has 0 heterocycles. The van der Waals surface area contributed by atoms with E-state index in [1.54, 1.807) is 0 Å². The number of rotatable bonds is 6. The standard InChI is InChI=1S/C13H22N2/c1-4-5-11-6-8-12(9-7-11)13(15-3)10-14-2/h6-9,13-15H,4-5,10H2,1-3H3. The highest BCUT2D eigenvalue weighted by atomic mass is 14.9. The summed E-state index contributed by atoms with van der Waals surface area (Å²) in [7, 11) is 3.98. The van der Waals surface area contributed by atoms with Crippen LogP contribution >= 0.6 is 0 Å². The molecule has 0 bridgehead atoms. The minimum atomic E-state index is 0.408. The molecule has 1 rings (SSSR count). The molecule has 0 aliphatic heterocycles. The zero-order valence-electron chi connectivity index (χ0n) is 10.0. The van der Waals surface area contributed by atoms with Crippen molar-refractivity contribution in [3.8, 4) is 0 Å². The fraction of sp³-hybridized carbons (Fsp3) is 0.538. The summed E-state index contributed by atoms with van der Waals surface area (Å²) in [5, 5.41) is 6.50. The number of hydrogen-bond donors (Lipinski definition) is 2. The molecule has 1 aromatic rings. The molecule has 1 aromatic carbocycles. The number of benzene rings is 1. The van der Waals surface area contributed by atoms with Gasteiger partial charge in [0.15, 0.2) is 0 Å². The molecule has 2 N–H and O–H groups in total. The smallest absolute Gasteiger partial charge is 0.0444 e. The Morgan fingerprint density at radius 1 is 1.13 bits per heavy atom. The summed E-state index contributed by atoms with van der Waals surface area (Å²) in [5.74, 6) is 0. The molecule has 1 atom stereocenters. The maximum absolute atomic E-state index is 3.31. The zero-order chi connectivity index (χ0) is 11.1. The van der Waals surface area contributed by atoms with Crippen LogP contribution in [0.1, 0.15) is 30.5 Å². The van der Waals surface area contributed by atoms with Crippen molar-refractivity contribution in [3.05, 3.63) is 35.4 Å². The van der Waals surface area contributed by atoms with Gasteiger partial charge >= 0.3 is 0 Å². The van der Waals surface area contributed by atoms with Crippen LogP contribution in [0.3, 0.4) is 0 Å². The lowest BCUT2D eigenvalue weighted by Crippen LogP contribution is -2.27. The van der Waals surface area contributed by atoms with Crippen LogP contribution in [0.25, 0.3) is 0 Å². The average molecular weight is 206 g/mol. The van der Waals surface area contributed by atoms with Gasteiger partial charge in [-0.15, -0.1) is 0 Å². The Morgan fingerprint density at radius 3 is 2.27 bits per heavy atom. The van der Waals surface area contributed by atoms with E-state index in [1.807, 2.05) is 14.1 Å². The molecule has 0 spiro atoms. The first-order chi connectivity index (χ1) is 7.31. The fourth-order valence-corrected chi connectivity index (χ4v) is 1.80. The van der Waals surface area contributed by atoms with Gasteiger partial charge in [-0.25, -0.2) is 0 Å². The second-order valence-corrected chi connectivity index (χ2v) is 3.89. The van der Waals surface area contributed by atoms with Crippen LogP contribution in [-0.2, 0) is 6.42 Å². The summed E-state index contributed by atoms with van der Waals surface area (Å²) in [6.45, 7) is 3.18. The third kappa shape index (κ3) is 3.65. The van der Waals surface area contributed by atoms with Gasteiger partial charge in [0.25, 0.3) is 0 Å². The highest BCUT2D eigenvalue weighted by Crippen LogP contribution is 2.13. The Balaban J connectivity index is 2.68. The first-order valence-electron chi connectivity index (χ1n) is 5.72. The van der Waals surface area contributed by atoms with Gasteiger partial charge in [0.05, 0.1) is 0 Å². The van der Waals surface area contributed by atoms with Crippen LogP contribution in [0.15, 0.2) is 24.3 Å². The van der Waals surface area contributed by atoms with Crippen molar-refractivity contribution in [2.45, 2.75) is 25.8 Å². The van der Waals surface area contributed by atoms with Crippen LogP contribution in [0.2, 0.25) is 0 Å². The van der Waals surface area contributed by atoms with E-state index in [0.29, 0.717) is 6.04 Å². The molecule has 2 nitrogen and oxygen atoms in total. The third-order valence-electron chi connectivity index (χ3n) is 2.68. The molecule has 0 radical (unpaired) electrons. The Bertz CT molecular complexity index is 266. The molecular formula is C13H22N2. The van der Waals surface area contributed by atoms with Gasteiger partial charge < -0.3 is 10.6 Å². The topological polar surface area (TPSA) is 24.1 Å². The van der Waals surface area contributed by atoms with Gasteiger partial charge in [-0.1, -0.05) is 37.6 Å². The molecule has 1 unspecified atom stereocenters. The minimum Gasteiger partial charge on any atom is -0.318 e. The van der Waals surface area contributed by atoms with Gasteiger partial charge in [-0.05, 0) is 31.6 Å². The maximum atomic E-state index is 3.31. The Hall–Kier alpha value is -0.860. The van der Waals surface area contributed by atoms with Crippen molar-refractivity contribution in [1.29, 1.82) is 0 Å². The predicted octanol–water partition coefficient (Wildman–Crippen LogP) is 2.12. The summed E-state index contributed by atoms with van der Waals surface area (Å²) in [6.07, 6.45) is 2.39. The first-order valence-corrected chi connectivity index (χ1v) is 5.72. The van der Waals surface area contributed by atoms with Gasteiger partial charge in [0, 0.05) is 12.6 Å². The van der Waals surface area contributed by atoms with Crippen LogP contribution in [0, 0.1) is 0 Å². The molecule has 0 aliphatic carbocycles. The minimum absolute atomic E-state index is 0.408. The lowest BCUT2D eigenvalue weighted by molar-refractivity contribution is 0.558. The second-order valence-electron chi connectivity index (χ2n) is 3.89. The molecule has 0 aromatic heterocycles. The van der Waals surface area contributed by atoms with E-state index in [9.17, 15) is 0 Å². The van der Waals surface area contributed by atoms with E-state index in [1.165, 1.54) is 24.0 Å². The highest BCUT2D eigenvalue weighted by molar-refractivity contribution is 5.25. The van der Waals surface area contributed by atoms with Crippen molar-refractivity contribution in [2.24, 2.45) is 0 Å². The SMILES string of the molecule is CCCc1ccc(C(CNC)NC)cc1. The molecule has 15 heavy (non-hydrogen) atoms. The Morgan fingerprint density at radius 2 is 1.80 bits per heavy atom. The number of hydrogen-bond acceptors (Lipinski definition) is 2. The number of aryl methyl sites for hydroxylation is 1. The molecule has 0 fully saturated rings. The van der Waals surface area contributed by atoms with Crippen LogP contribution in [0.5, 0.6) is 0 Å². The molecule has 0 aliphatic rings. The molecule has 84 valence electrons. The summed E-state index contributed by atoms with van der Waals surface area (Å²) in [4.78, 5) is 0. The van der Waals surface area contributed by atoms with Gasteiger partial charge in [-0.3, -0.25) is 0 Å². The van der Waals surface area contributed by atoms with Crippen LogP contribution in [0.4, 0.5) is 0 Å². The molecule has 0 saturated carbocycles. The van der Waals surface area contributed by atoms with Crippen molar-refractivity contribution in [2.75, 3.05) is 20.6 Å². The van der Waals surface area contributed by atoms with E-state index in [0.717, 1.165) is 6.54 Å². The van der Waals surface area contributed by atoms with Crippen molar-refractivity contribution < 1.29 is 0 Å². The average Bonchev–Trinajstić information content (AvgIpc) is 2.28. The fourth-order valence-electron chi connectivity index (χ4n) is 1.80. The predicted molar refractivity (Wildman–Crippen MR) is 66.2 cm³/mol. The second kappa shape index (κ2) is 6.59. The Kier molecular flexibility index (Phi) is 5.37. The third-order valence-corrected chi connectivity index (χ3v) is 2.68. The van der Waals surface area contributed by atoms with Crippen molar-refractivity contribution >= 4 is 0 Å². The van der Waals surface area contributed by atoms with Gasteiger partial charge in [-0.2, -0.15) is 0 Å². The number of likely N-dealkylation sites (N-methyl/N-ethyl adjacent to an activating group) is 2. The maximum Gasteiger partial charge on any atom is 0.0444 e. The molecule has 0 amide bonds. The van der Waals surface area contributed by atoms with E-state index >= 15 is 0 Å². The largest absolute Gasteiger partial charge is 0.318 e. The van der Waals surface area contributed by atoms with Crippen molar-refractivity contribution in [1.82, 2.24) is 10.6 Å². The lowest BCUT2D eigenvalue weighted by atomic mass is 10.0. The van der Waals surface area contributed by atoms with Gasteiger partial charge in [0.2, 0.25) is 0 Å². The lowest BCUT2D eigenvalue weighted by Gasteiger charge is -2.16. The molecule has 0 saturated heterocycles. The van der Waals surface area contributed by atoms with E-state index < -0.39 is 0 Å². The monoisotopic (exact) mass is 206 g/mol. The summed E-state index contributed by atoms with van der Waals surface area (Å²) in [6, 6.07) is 9.33. The zero-order valence-corrected chi connectivity index (χ0v) is 10.0. The van der Waals surface area contributed by atoms with Crippen molar-refractivity contribution in [3.63, 3.8) is 0 Å². The van der Waals surface area contributed by atoms with E-state index in [4.69, 9.17) is 0 Å². The molecular weight excluding hydrogens is 184 g/mol. The van der Waals surface area contributed by atoms with E-state index in [2.05, 4.69) is 41.8 Å². The van der Waals surface area contributed by atoms with Crippen LogP contribution in [-0.4, -0.2) is 20.6 Å². The number of nitrogens with one attached hydrogen (secondary N) is 2. The summed E-state index contributed by atoms with van der Waals surface area (Å²) in [5.41, 5.74) is 2.78. The quantitative estimate of drug-likeness (QED) is 0.745.